The highest BCUT2D eigenvalue weighted by Crippen LogP contribution is 2.27. The van der Waals surface area contributed by atoms with E-state index in [1.807, 2.05) is 35.2 Å². The van der Waals surface area contributed by atoms with Gasteiger partial charge < -0.3 is 19.5 Å². The topological polar surface area (TPSA) is 74.5 Å². The van der Waals surface area contributed by atoms with Gasteiger partial charge in [-0.15, -0.1) is 10.2 Å². The molecule has 1 atom stereocenters. The Bertz CT molecular complexity index is 776. The molecule has 0 aliphatic carbocycles. The minimum absolute atomic E-state index is 0.0897. The Morgan fingerprint density at radius 3 is 2.78 bits per heavy atom. The van der Waals surface area contributed by atoms with E-state index in [0.29, 0.717) is 19.0 Å². The van der Waals surface area contributed by atoms with Gasteiger partial charge in [-0.3, -0.25) is 4.79 Å². The Kier molecular flexibility index (Phi) is 5.50. The number of rotatable bonds is 5. The van der Waals surface area contributed by atoms with Gasteiger partial charge in [0.25, 0.3) is 5.91 Å². The molecular weight excluding hydrogens is 342 g/mol. The molecular formula is C20H27N5O2. The van der Waals surface area contributed by atoms with E-state index in [2.05, 4.69) is 19.7 Å². The molecule has 1 N–H and O–H groups in total. The normalized spacial score (nSPS) is 20.5. The maximum Gasteiger partial charge on any atom is 0.253 e. The number of carbonyl (C=O) groups is 1. The standard InChI is InChI=1S/C20H27N5O2/c26-14-4-9-23-10-7-17(15-23)19-22-21-18-8-11-24(12-13-25(18)19)20(27)16-5-2-1-3-6-16/h1-3,5-6,17,26H,4,7-15H2. The molecule has 1 aromatic carbocycles. The van der Waals surface area contributed by atoms with Gasteiger partial charge in [0.05, 0.1) is 0 Å². The van der Waals surface area contributed by atoms with Crippen molar-refractivity contribution >= 4 is 5.91 Å². The number of benzene rings is 1. The van der Waals surface area contributed by atoms with Gasteiger partial charge in [-0.2, -0.15) is 0 Å². The molecule has 2 aliphatic rings. The molecule has 27 heavy (non-hydrogen) atoms. The van der Waals surface area contributed by atoms with E-state index in [9.17, 15) is 4.79 Å². The molecule has 1 aromatic heterocycles. The lowest BCUT2D eigenvalue weighted by molar-refractivity contribution is 0.0758. The number of aromatic nitrogens is 3. The van der Waals surface area contributed by atoms with Crippen LogP contribution in [0.25, 0.3) is 0 Å². The van der Waals surface area contributed by atoms with E-state index in [-0.39, 0.29) is 12.5 Å². The molecule has 2 aliphatic heterocycles. The number of likely N-dealkylation sites (tertiary alicyclic amines) is 1. The fourth-order valence-corrected chi connectivity index (χ4v) is 4.15. The van der Waals surface area contributed by atoms with Crippen molar-refractivity contribution in [3.8, 4) is 0 Å². The summed E-state index contributed by atoms with van der Waals surface area (Å²) in [5.41, 5.74) is 0.741. The van der Waals surface area contributed by atoms with Gasteiger partial charge in [-0.05, 0) is 31.5 Å². The third-order valence-corrected chi connectivity index (χ3v) is 5.63. The summed E-state index contributed by atoms with van der Waals surface area (Å²) in [5, 5.41) is 18.0. The summed E-state index contributed by atoms with van der Waals surface area (Å²) in [6, 6.07) is 9.48. The molecule has 0 spiro atoms. The molecule has 4 rings (SSSR count). The predicted octanol–water partition coefficient (Wildman–Crippen LogP) is 1.15. The molecule has 1 unspecified atom stereocenters. The number of fused-ring (bicyclic) bond motifs is 1. The summed E-state index contributed by atoms with van der Waals surface area (Å²) in [4.78, 5) is 17.1. The molecule has 3 heterocycles. The molecule has 0 bridgehead atoms. The summed E-state index contributed by atoms with van der Waals surface area (Å²) in [5.74, 6) is 2.53. The average molecular weight is 369 g/mol. The third kappa shape index (κ3) is 3.89. The molecule has 0 saturated carbocycles. The monoisotopic (exact) mass is 369 g/mol. The maximum atomic E-state index is 12.8. The van der Waals surface area contributed by atoms with E-state index >= 15 is 0 Å². The Morgan fingerprint density at radius 2 is 1.96 bits per heavy atom. The van der Waals surface area contributed by atoms with E-state index in [0.717, 1.165) is 62.7 Å². The highest BCUT2D eigenvalue weighted by atomic mass is 16.3. The van der Waals surface area contributed by atoms with Crippen LogP contribution in [0.3, 0.4) is 0 Å². The Morgan fingerprint density at radius 1 is 1.11 bits per heavy atom. The summed E-state index contributed by atoms with van der Waals surface area (Å²) in [6.07, 6.45) is 2.64. The number of nitrogens with zero attached hydrogens (tertiary/aromatic N) is 5. The highest BCUT2D eigenvalue weighted by Gasteiger charge is 2.30. The van der Waals surface area contributed by atoms with E-state index in [1.54, 1.807) is 0 Å². The fraction of sp³-hybridized carbons (Fsp3) is 0.550. The smallest absolute Gasteiger partial charge is 0.253 e. The van der Waals surface area contributed by atoms with Crippen molar-refractivity contribution in [2.24, 2.45) is 0 Å². The molecule has 2 aromatic rings. The lowest BCUT2D eigenvalue weighted by Crippen LogP contribution is -2.33. The zero-order valence-electron chi connectivity index (χ0n) is 15.6. The van der Waals surface area contributed by atoms with Crippen molar-refractivity contribution in [2.45, 2.75) is 31.7 Å². The van der Waals surface area contributed by atoms with Gasteiger partial charge >= 0.3 is 0 Å². The van der Waals surface area contributed by atoms with Crippen molar-refractivity contribution in [2.75, 3.05) is 39.3 Å². The molecule has 1 fully saturated rings. The van der Waals surface area contributed by atoms with Gasteiger partial charge in [-0.25, -0.2) is 0 Å². The molecule has 144 valence electrons. The summed E-state index contributed by atoms with van der Waals surface area (Å²) >= 11 is 0. The molecule has 7 heteroatoms. The molecule has 0 radical (unpaired) electrons. The van der Waals surface area contributed by atoms with Gasteiger partial charge in [0, 0.05) is 57.2 Å². The third-order valence-electron chi connectivity index (χ3n) is 5.63. The summed E-state index contributed by atoms with van der Waals surface area (Å²) < 4.78 is 2.23. The first-order chi connectivity index (χ1) is 13.3. The molecule has 7 nitrogen and oxygen atoms in total. The molecule has 1 amide bonds. The van der Waals surface area contributed by atoms with Crippen LogP contribution < -0.4 is 0 Å². The van der Waals surface area contributed by atoms with Gasteiger partial charge in [0.15, 0.2) is 0 Å². The highest BCUT2D eigenvalue weighted by molar-refractivity contribution is 5.94. The second-order valence-electron chi connectivity index (χ2n) is 7.40. The first kappa shape index (κ1) is 18.1. The van der Waals surface area contributed by atoms with E-state index < -0.39 is 0 Å². The number of carbonyl (C=O) groups excluding carboxylic acids is 1. The first-order valence-corrected chi connectivity index (χ1v) is 9.86. The average Bonchev–Trinajstić information content (AvgIpc) is 3.28. The number of aliphatic hydroxyl groups excluding tert-OH is 1. The van der Waals surface area contributed by atoms with Crippen LogP contribution in [0.5, 0.6) is 0 Å². The van der Waals surface area contributed by atoms with Crippen LogP contribution >= 0.6 is 0 Å². The SMILES string of the molecule is O=C(c1ccccc1)N1CCc2nnc(C3CCN(CCCO)C3)n2CC1. The largest absolute Gasteiger partial charge is 0.396 e. The second kappa shape index (κ2) is 8.19. The van der Waals surface area contributed by atoms with Crippen molar-refractivity contribution in [3.63, 3.8) is 0 Å². The summed E-state index contributed by atoms with van der Waals surface area (Å²) in [7, 11) is 0. The van der Waals surface area contributed by atoms with Crippen LogP contribution in [0.15, 0.2) is 30.3 Å². The zero-order chi connectivity index (χ0) is 18.6. The Labute approximate surface area is 159 Å². The van der Waals surface area contributed by atoms with Gasteiger partial charge in [0.1, 0.15) is 11.6 Å². The zero-order valence-corrected chi connectivity index (χ0v) is 15.6. The quantitative estimate of drug-likeness (QED) is 0.856. The Hall–Kier alpha value is -2.25. The van der Waals surface area contributed by atoms with Crippen LogP contribution in [0, 0.1) is 0 Å². The number of aliphatic hydroxyl groups is 1. The minimum Gasteiger partial charge on any atom is -0.396 e. The number of amides is 1. The van der Waals surface area contributed by atoms with Crippen molar-refractivity contribution in [3.05, 3.63) is 47.5 Å². The lowest BCUT2D eigenvalue weighted by Gasteiger charge is -2.20. The van der Waals surface area contributed by atoms with Crippen molar-refractivity contribution in [1.82, 2.24) is 24.6 Å². The number of hydrogen-bond donors (Lipinski definition) is 1. The van der Waals surface area contributed by atoms with Crippen molar-refractivity contribution < 1.29 is 9.90 Å². The van der Waals surface area contributed by atoms with E-state index in [4.69, 9.17) is 5.11 Å². The number of hydrogen-bond acceptors (Lipinski definition) is 5. The first-order valence-electron chi connectivity index (χ1n) is 9.86. The van der Waals surface area contributed by atoms with Crippen LogP contribution in [-0.4, -0.2) is 74.9 Å². The maximum absolute atomic E-state index is 12.8. The Balaban J connectivity index is 1.43. The summed E-state index contributed by atoms with van der Waals surface area (Å²) in [6.45, 7) is 5.33. The minimum atomic E-state index is 0.0897. The van der Waals surface area contributed by atoms with Crippen molar-refractivity contribution in [1.29, 1.82) is 0 Å². The second-order valence-corrected chi connectivity index (χ2v) is 7.40. The van der Waals surface area contributed by atoms with Crippen LogP contribution in [0.4, 0.5) is 0 Å². The molecule has 1 saturated heterocycles. The van der Waals surface area contributed by atoms with Gasteiger partial charge in [0.2, 0.25) is 0 Å². The van der Waals surface area contributed by atoms with Crippen LogP contribution in [0.2, 0.25) is 0 Å². The predicted molar refractivity (Wildman–Crippen MR) is 102 cm³/mol. The van der Waals surface area contributed by atoms with E-state index in [1.165, 1.54) is 0 Å². The van der Waals surface area contributed by atoms with Gasteiger partial charge in [-0.1, -0.05) is 18.2 Å². The lowest BCUT2D eigenvalue weighted by atomic mass is 10.1. The van der Waals surface area contributed by atoms with Crippen LogP contribution in [0.1, 0.15) is 40.8 Å². The fourth-order valence-electron chi connectivity index (χ4n) is 4.15. The van der Waals surface area contributed by atoms with Crippen LogP contribution in [-0.2, 0) is 13.0 Å².